The fourth-order valence-corrected chi connectivity index (χ4v) is 2.21. The zero-order valence-corrected chi connectivity index (χ0v) is 11.1. The molecule has 0 aliphatic carbocycles. The van der Waals surface area contributed by atoms with E-state index in [1.54, 1.807) is 6.20 Å². The van der Waals surface area contributed by atoms with Crippen LogP contribution in [0.25, 0.3) is 0 Å². The van der Waals surface area contributed by atoms with Crippen LogP contribution in [0.2, 0.25) is 0 Å². The Balaban J connectivity index is 2.02. The Hall–Kier alpha value is -1.61. The van der Waals surface area contributed by atoms with Crippen molar-refractivity contribution in [3.8, 4) is 0 Å². The number of nitrogens with one attached hydrogen (secondary N) is 2. The van der Waals surface area contributed by atoms with Crippen molar-refractivity contribution in [3.63, 3.8) is 0 Å². The van der Waals surface area contributed by atoms with Gasteiger partial charge >= 0.3 is 0 Å². The van der Waals surface area contributed by atoms with Crippen molar-refractivity contribution in [3.05, 3.63) is 53.6 Å². The maximum Gasteiger partial charge on any atom is 0.123 e. The van der Waals surface area contributed by atoms with Crippen molar-refractivity contribution in [2.45, 2.75) is 39.3 Å². The molecule has 1 atom stereocenters. The summed E-state index contributed by atoms with van der Waals surface area (Å²) in [6, 6.07) is 8.90. The number of imidazole rings is 1. The van der Waals surface area contributed by atoms with E-state index in [0.29, 0.717) is 6.04 Å². The second-order valence-corrected chi connectivity index (χ2v) is 4.44. The molecule has 1 unspecified atom stereocenters. The summed E-state index contributed by atoms with van der Waals surface area (Å²) in [6.07, 6.45) is 5.79. The molecule has 18 heavy (non-hydrogen) atoms. The molecule has 0 aliphatic rings. The molecular formula is C15H21N3. The highest BCUT2D eigenvalue weighted by Crippen LogP contribution is 2.14. The summed E-state index contributed by atoms with van der Waals surface area (Å²) in [5.74, 6) is 1.02. The van der Waals surface area contributed by atoms with Crippen LogP contribution in [0.1, 0.15) is 43.3 Å². The molecule has 2 aromatic rings. The van der Waals surface area contributed by atoms with E-state index in [9.17, 15) is 0 Å². The Morgan fingerprint density at radius 1 is 1.22 bits per heavy atom. The van der Waals surface area contributed by atoms with Gasteiger partial charge in [-0.1, -0.05) is 38.1 Å². The summed E-state index contributed by atoms with van der Waals surface area (Å²) >= 11 is 0. The van der Waals surface area contributed by atoms with E-state index < -0.39 is 0 Å². The first kappa shape index (κ1) is 12.8. The fraction of sp³-hybridized carbons (Fsp3) is 0.400. The molecule has 96 valence electrons. The number of benzene rings is 1. The van der Waals surface area contributed by atoms with Crippen molar-refractivity contribution in [1.82, 2.24) is 15.3 Å². The molecular weight excluding hydrogens is 222 g/mol. The van der Waals surface area contributed by atoms with Gasteiger partial charge in [0.2, 0.25) is 0 Å². The third-order valence-electron chi connectivity index (χ3n) is 3.30. The molecule has 1 aromatic carbocycles. The van der Waals surface area contributed by atoms with E-state index in [1.165, 1.54) is 11.1 Å². The van der Waals surface area contributed by atoms with Gasteiger partial charge < -0.3 is 10.3 Å². The lowest BCUT2D eigenvalue weighted by Crippen LogP contribution is -2.22. The van der Waals surface area contributed by atoms with E-state index in [1.807, 2.05) is 6.20 Å². The largest absolute Gasteiger partial charge is 0.347 e. The Bertz CT molecular complexity index is 462. The summed E-state index contributed by atoms with van der Waals surface area (Å²) in [6.45, 7) is 5.26. The van der Waals surface area contributed by atoms with Crippen LogP contribution in [0.5, 0.6) is 0 Å². The predicted molar refractivity (Wildman–Crippen MR) is 74.3 cm³/mol. The van der Waals surface area contributed by atoms with E-state index in [0.717, 1.165) is 25.2 Å². The summed E-state index contributed by atoms with van der Waals surface area (Å²) < 4.78 is 0. The summed E-state index contributed by atoms with van der Waals surface area (Å²) in [5, 5.41) is 3.57. The van der Waals surface area contributed by atoms with Crippen molar-refractivity contribution >= 4 is 0 Å². The highest BCUT2D eigenvalue weighted by Gasteiger charge is 2.11. The van der Waals surface area contributed by atoms with Crippen LogP contribution >= 0.6 is 0 Å². The second kappa shape index (κ2) is 6.36. The molecule has 0 amide bonds. The molecule has 0 radical (unpaired) electrons. The standard InChI is InChI=1S/C15H21N3/c1-3-12-7-5-6-8-13(12)11-18-14(4-2)15-16-9-10-17-15/h5-10,14,18H,3-4,11H2,1-2H3,(H,16,17). The molecule has 2 N–H and O–H groups in total. The topological polar surface area (TPSA) is 40.7 Å². The van der Waals surface area contributed by atoms with Gasteiger partial charge in [0.15, 0.2) is 0 Å². The maximum absolute atomic E-state index is 4.32. The van der Waals surface area contributed by atoms with Crippen LogP contribution in [0, 0.1) is 0 Å². The summed E-state index contributed by atoms with van der Waals surface area (Å²) in [7, 11) is 0. The number of nitrogens with zero attached hydrogens (tertiary/aromatic N) is 1. The lowest BCUT2D eigenvalue weighted by molar-refractivity contribution is 0.496. The molecule has 0 saturated heterocycles. The Kier molecular flexibility index (Phi) is 4.53. The molecule has 0 aliphatic heterocycles. The number of aromatic amines is 1. The third kappa shape index (κ3) is 2.99. The fourth-order valence-electron chi connectivity index (χ4n) is 2.21. The molecule has 1 aromatic heterocycles. The van der Waals surface area contributed by atoms with Crippen LogP contribution in [0.15, 0.2) is 36.7 Å². The van der Waals surface area contributed by atoms with Gasteiger partial charge in [0.1, 0.15) is 5.82 Å². The number of rotatable bonds is 6. The van der Waals surface area contributed by atoms with Crippen molar-refractivity contribution < 1.29 is 0 Å². The van der Waals surface area contributed by atoms with Crippen molar-refractivity contribution in [1.29, 1.82) is 0 Å². The minimum absolute atomic E-state index is 0.296. The Morgan fingerprint density at radius 2 is 2.00 bits per heavy atom. The van der Waals surface area contributed by atoms with Gasteiger partial charge in [-0.15, -0.1) is 0 Å². The maximum atomic E-state index is 4.32. The minimum Gasteiger partial charge on any atom is -0.347 e. The Morgan fingerprint density at radius 3 is 2.61 bits per heavy atom. The average molecular weight is 243 g/mol. The molecule has 0 saturated carbocycles. The molecule has 1 heterocycles. The van der Waals surface area contributed by atoms with Gasteiger partial charge in [-0.3, -0.25) is 0 Å². The Labute approximate surface area is 109 Å². The first-order valence-electron chi connectivity index (χ1n) is 6.64. The van der Waals surface area contributed by atoms with Gasteiger partial charge in [0, 0.05) is 18.9 Å². The lowest BCUT2D eigenvalue weighted by Gasteiger charge is -2.16. The zero-order chi connectivity index (χ0) is 12.8. The molecule has 3 heteroatoms. The van der Waals surface area contributed by atoms with Crippen LogP contribution in [-0.4, -0.2) is 9.97 Å². The van der Waals surface area contributed by atoms with E-state index in [2.05, 4.69) is 53.4 Å². The van der Waals surface area contributed by atoms with Crippen molar-refractivity contribution in [2.75, 3.05) is 0 Å². The first-order valence-corrected chi connectivity index (χ1v) is 6.64. The minimum atomic E-state index is 0.296. The SMILES string of the molecule is CCc1ccccc1CNC(CC)c1ncc[nH]1. The summed E-state index contributed by atoms with van der Waals surface area (Å²) in [5.41, 5.74) is 2.80. The van der Waals surface area contributed by atoms with Gasteiger partial charge in [-0.2, -0.15) is 0 Å². The van der Waals surface area contributed by atoms with Crippen LogP contribution in [0.4, 0.5) is 0 Å². The van der Waals surface area contributed by atoms with Crippen LogP contribution in [-0.2, 0) is 13.0 Å². The highest BCUT2D eigenvalue weighted by atomic mass is 15.0. The molecule has 0 spiro atoms. The summed E-state index contributed by atoms with van der Waals surface area (Å²) in [4.78, 5) is 7.50. The number of hydrogen-bond donors (Lipinski definition) is 2. The second-order valence-electron chi connectivity index (χ2n) is 4.44. The first-order chi connectivity index (χ1) is 8.85. The molecule has 3 nitrogen and oxygen atoms in total. The molecule has 0 fully saturated rings. The van der Waals surface area contributed by atoms with E-state index in [-0.39, 0.29) is 0 Å². The predicted octanol–water partition coefficient (Wildman–Crippen LogP) is 3.21. The molecule has 0 bridgehead atoms. The van der Waals surface area contributed by atoms with Crippen molar-refractivity contribution in [2.24, 2.45) is 0 Å². The van der Waals surface area contributed by atoms with Crippen LogP contribution < -0.4 is 5.32 Å². The van der Waals surface area contributed by atoms with Gasteiger partial charge in [-0.25, -0.2) is 4.98 Å². The third-order valence-corrected chi connectivity index (χ3v) is 3.30. The highest BCUT2D eigenvalue weighted by molar-refractivity contribution is 5.27. The van der Waals surface area contributed by atoms with E-state index >= 15 is 0 Å². The van der Waals surface area contributed by atoms with E-state index in [4.69, 9.17) is 0 Å². The zero-order valence-electron chi connectivity index (χ0n) is 11.1. The van der Waals surface area contributed by atoms with Gasteiger partial charge in [-0.05, 0) is 24.0 Å². The molecule has 2 rings (SSSR count). The smallest absolute Gasteiger partial charge is 0.123 e. The lowest BCUT2D eigenvalue weighted by atomic mass is 10.0. The monoisotopic (exact) mass is 243 g/mol. The van der Waals surface area contributed by atoms with Gasteiger partial charge in [0.05, 0.1) is 6.04 Å². The number of aryl methyl sites for hydroxylation is 1. The normalized spacial score (nSPS) is 12.6. The number of hydrogen-bond acceptors (Lipinski definition) is 2. The number of aromatic nitrogens is 2. The van der Waals surface area contributed by atoms with Crippen LogP contribution in [0.3, 0.4) is 0 Å². The quantitative estimate of drug-likeness (QED) is 0.818. The number of H-pyrrole nitrogens is 1. The van der Waals surface area contributed by atoms with Gasteiger partial charge in [0.25, 0.3) is 0 Å². The average Bonchev–Trinajstić information content (AvgIpc) is 2.94.